The number of rotatable bonds is 5. The van der Waals surface area contributed by atoms with Gasteiger partial charge in [0.2, 0.25) is 5.91 Å². The number of carbonyl (C=O) groups is 1. The van der Waals surface area contributed by atoms with E-state index >= 15 is 0 Å². The standard InChI is InChI=1S/C13H17BrN2OS/c1-3-4-11(12(15)18)13(17)16-10-6-8(2)5-9(14)7-10/h5-7,11H,3-4H2,1-2H3,(H2,15,18)(H,16,17). The van der Waals surface area contributed by atoms with Crippen LogP contribution in [0.1, 0.15) is 25.3 Å². The highest BCUT2D eigenvalue weighted by molar-refractivity contribution is 9.10. The van der Waals surface area contributed by atoms with Crippen LogP contribution in [0.4, 0.5) is 5.69 Å². The number of hydrogen-bond acceptors (Lipinski definition) is 2. The van der Waals surface area contributed by atoms with Gasteiger partial charge in [0.15, 0.2) is 0 Å². The molecule has 18 heavy (non-hydrogen) atoms. The topological polar surface area (TPSA) is 55.1 Å². The Morgan fingerprint density at radius 3 is 2.67 bits per heavy atom. The molecule has 1 amide bonds. The molecule has 0 heterocycles. The summed E-state index contributed by atoms with van der Waals surface area (Å²) in [5.41, 5.74) is 7.42. The molecule has 3 nitrogen and oxygen atoms in total. The fourth-order valence-corrected chi connectivity index (χ4v) is 2.56. The molecule has 1 atom stereocenters. The van der Waals surface area contributed by atoms with E-state index in [9.17, 15) is 4.79 Å². The number of nitrogens with two attached hydrogens (primary N) is 1. The van der Waals surface area contributed by atoms with E-state index < -0.39 is 5.92 Å². The normalized spacial score (nSPS) is 11.9. The van der Waals surface area contributed by atoms with Crippen molar-refractivity contribution in [2.75, 3.05) is 5.32 Å². The van der Waals surface area contributed by atoms with Gasteiger partial charge in [-0.25, -0.2) is 0 Å². The molecule has 0 fully saturated rings. The quantitative estimate of drug-likeness (QED) is 0.814. The fraction of sp³-hybridized carbons (Fsp3) is 0.385. The Morgan fingerprint density at radius 2 is 2.17 bits per heavy atom. The van der Waals surface area contributed by atoms with Crippen molar-refractivity contribution in [3.8, 4) is 0 Å². The van der Waals surface area contributed by atoms with E-state index in [0.717, 1.165) is 22.1 Å². The number of anilines is 1. The highest BCUT2D eigenvalue weighted by Crippen LogP contribution is 2.20. The smallest absolute Gasteiger partial charge is 0.234 e. The molecular weight excluding hydrogens is 312 g/mol. The van der Waals surface area contributed by atoms with Gasteiger partial charge in [-0.05, 0) is 37.1 Å². The van der Waals surface area contributed by atoms with E-state index in [4.69, 9.17) is 18.0 Å². The number of amides is 1. The summed E-state index contributed by atoms with van der Waals surface area (Å²) in [6.45, 7) is 3.97. The second-order valence-electron chi connectivity index (χ2n) is 4.25. The van der Waals surface area contributed by atoms with Gasteiger partial charge in [0, 0.05) is 10.2 Å². The maximum absolute atomic E-state index is 12.1. The lowest BCUT2D eigenvalue weighted by molar-refractivity contribution is -0.118. The first-order chi connectivity index (χ1) is 8.43. The molecular formula is C13H17BrN2OS. The van der Waals surface area contributed by atoms with E-state index in [1.165, 1.54) is 0 Å². The maximum Gasteiger partial charge on any atom is 0.234 e. The van der Waals surface area contributed by atoms with Gasteiger partial charge in [-0.2, -0.15) is 0 Å². The van der Waals surface area contributed by atoms with Crippen LogP contribution in [-0.4, -0.2) is 10.9 Å². The molecule has 0 saturated heterocycles. The Kier molecular flexibility index (Phi) is 5.75. The van der Waals surface area contributed by atoms with E-state index in [1.54, 1.807) is 0 Å². The maximum atomic E-state index is 12.1. The van der Waals surface area contributed by atoms with Crippen molar-refractivity contribution in [1.82, 2.24) is 0 Å². The van der Waals surface area contributed by atoms with Crippen LogP contribution < -0.4 is 11.1 Å². The van der Waals surface area contributed by atoms with Crippen molar-refractivity contribution in [1.29, 1.82) is 0 Å². The minimum absolute atomic E-state index is 0.137. The summed E-state index contributed by atoms with van der Waals surface area (Å²) in [5.74, 6) is -0.536. The molecule has 3 N–H and O–H groups in total. The average Bonchev–Trinajstić information content (AvgIpc) is 2.23. The zero-order valence-corrected chi connectivity index (χ0v) is 12.9. The molecule has 1 rings (SSSR count). The largest absolute Gasteiger partial charge is 0.393 e. The van der Waals surface area contributed by atoms with E-state index in [0.29, 0.717) is 6.42 Å². The first-order valence-corrected chi connectivity index (χ1v) is 7.01. The second-order valence-corrected chi connectivity index (χ2v) is 5.64. The van der Waals surface area contributed by atoms with Crippen molar-refractivity contribution in [3.63, 3.8) is 0 Å². The molecule has 0 aliphatic heterocycles. The molecule has 0 aliphatic rings. The highest BCUT2D eigenvalue weighted by Gasteiger charge is 2.20. The van der Waals surface area contributed by atoms with Gasteiger partial charge in [-0.3, -0.25) is 4.79 Å². The van der Waals surface area contributed by atoms with E-state index in [1.807, 2.05) is 32.0 Å². The lowest BCUT2D eigenvalue weighted by Gasteiger charge is -2.15. The molecule has 1 unspecified atom stereocenters. The van der Waals surface area contributed by atoms with Crippen molar-refractivity contribution < 1.29 is 4.79 Å². The number of aryl methyl sites for hydroxylation is 1. The SMILES string of the molecule is CCCC(C(=O)Nc1cc(C)cc(Br)c1)C(N)=S. The minimum Gasteiger partial charge on any atom is -0.393 e. The monoisotopic (exact) mass is 328 g/mol. The molecule has 0 spiro atoms. The Bertz CT molecular complexity index is 442. The van der Waals surface area contributed by atoms with Crippen LogP contribution in [0.3, 0.4) is 0 Å². The van der Waals surface area contributed by atoms with Gasteiger partial charge in [0.25, 0.3) is 0 Å². The second kappa shape index (κ2) is 6.85. The van der Waals surface area contributed by atoms with Crippen molar-refractivity contribution in [3.05, 3.63) is 28.2 Å². The van der Waals surface area contributed by atoms with Gasteiger partial charge in [-0.1, -0.05) is 41.5 Å². The molecule has 0 aromatic heterocycles. The van der Waals surface area contributed by atoms with E-state index in [2.05, 4.69) is 21.2 Å². The van der Waals surface area contributed by atoms with Gasteiger partial charge in [-0.15, -0.1) is 0 Å². The molecule has 0 radical (unpaired) electrons. The summed E-state index contributed by atoms with van der Waals surface area (Å²) in [6, 6.07) is 5.74. The molecule has 5 heteroatoms. The van der Waals surface area contributed by atoms with Crippen LogP contribution in [0.25, 0.3) is 0 Å². The molecule has 0 saturated carbocycles. The Morgan fingerprint density at radius 1 is 1.50 bits per heavy atom. The molecule has 98 valence electrons. The van der Waals surface area contributed by atoms with Crippen molar-refractivity contribution in [2.45, 2.75) is 26.7 Å². The van der Waals surface area contributed by atoms with E-state index in [-0.39, 0.29) is 10.9 Å². The lowest BCUT2D eigenvalue weighted by atomic mass is 10.0. The average molecular weight is 329 g/mol. The first kappa shape index (κ1) is 15.1. The summed E-state index contributed by atoms with van der Waals surface area (Å²) < 4.78 is 0.931. The minimum atomic E-state index is -0.399. The van der Waals surface area contributed by atoms with Crippen molar-refractivity contribution >= 4 is 44.7 Å². The predicted octanol–water partition coefficient (Wildman–Crippen LogP) is 3.40. The van der Waals surface area contributed by atoms with Crippen molar-refractivity contribution in [2.24, 2.45) is 11.7 Å². The molecule has 0 bridgehead atoms. The van der Waals surface area contributed by atoms with Crippen LogP contribution in [-0.2, 0) is 4.79 Å². The number of benzene rings is 1. The van der Waals surface area contributed by atoms with Gasteiger partial charge >= 0.3 is 0 Å². The lowest BCUT2D eigenvalue weighted by Crippen LogP contribution is -2.33. The summed E-state index contributed by atoms with van der Waals surface area (Å²) >= 11 is 8.33. The number of carbonyl (C=O) groups excluding carboxylic acids is 1. The molecule has 1 aromatic carbocycles. The van der Waals surface area contributed by atoms with Gasteiger partial charge in [0.05, 0.1) is 10.9 Å². The van der Waals surface area contributed by atoms with Crippen LogP contribution in [0.2, 0.25) is 0 Å². The van der Waals surface area contributed by atoms with Crippen LogP contribution in [0, 0.1) is 12.8 Å². The third-order valence-corrected chi connectivity index (χ3v) is 3.29. The Labute approximate surface area is 121 Å². The van der Waals surface area contributed by atoms with Crippen LogP contribution in [0.5, 0.6) is 0 Å². The number of nitrogens with one attached hydrogen (secondary N) is 1. The van der Waals surface area contributed by atoms with Gasteiger partial charge in [0.1, 0.15) is 0 Å². The third-order valence-electron chi connectivity index (χ3n) is 2.55. The van der Waals surface area contributed by atoms with Gasteiger partial charge < -0.3 is 11.1 Å². The molecule has 1 aromatic rings. The van der Waals surface area contributed by atoms with Crippen LogP contribution >= 0.6 is 28.1 Å². The summed E-state index contributed by atoms with van der Waals surface area (Å²) in [6.07, 6.45) is 1.54. The highest BCUT2D eigenvalue weighted by atomic mass is 79.9. The summed E-state index contributed by atoms with van der Waals surface area (Å²) in [4.78, 5) is 12.3. The number of thiocarbonyl (C=S) groups is 1. The van der Waals surface area contributed by atoms with Crippen LogP contribution in [0.15, 0.2) is 22.7 Å². The predicted molar refractivity (Wildman–Crippen MR) is 82.7 cm³/mol. The first-order valence-electron chi connectivity index (χ1n) is 5.81. The Balaban J connectivity index is 2.82. The zero-order valence-electron chi connectivity index (χ0n) is 10.5. The molecule has 0 aliphatic carbocycles. The number of halogens is 1. The number of hydrogen-bond donors (Lipinski definition) is 2. The summed E-state index contributed by atoms with van der Waals surface area (Å²) in [5, 5.41) is 2.85. The zero-order chi connectivity index (χ0) is 13.7. The fourth-order valence-electron chi connectivity index (χ4n) is 1.73. The third kappa shape index (κ3) is 4.38. The summed E-state index contributed by atoms with van der Waals surface area (Å²) in [7, 11) is 0. The Hall–Kier alpha value is -0.940.